The van der Waals surface area contributed by atoms with Crippen molar-refractivity contribution in [3.05, 3.63) is 23.9 Å². The summed E-state index contributed by atoms with van der Waals surface area (Å²) >= 11 is 0. The smallest absolute Gasteiger partial charge is 0.404 e. The van der Waals surface area contributed by atoms with E-state index in [1.807, 2.05) is 26.8 Å². The number of benzene rings is 1. The van der Waals surface area contributed by atoms with Crippen molar-refractivity contribution in [1.82, 2.24) is 15.1 Å². The number of rotatable bonds is 9. The average molecular weight is 377 g/mol. The molecule has 0 aliphatic heterocycles. The molecule has 0 bridgehead atoms. The minimum atomic E-state index is -1.11. The molecule has 148 valence electrons. The summed E-state index contributed by atoms with van der Waals surface area (Å²) in [4.78, 5) is 22.9. The summed E-state index contributed by atoms with van der Waals surface area (Å²) in [5.74, 6) is 0.587. The molecule has 1 heterocycles. The fraction of sp³-hybridized carbons (Fsp3) is 0.526. The summed E-state index contributed by atoms with van der Waals surface area (Å²) in [5, 5.41) is 16.9. The highest BCUT2D eigenvalue weighted by molar-refractivity contribution is 5.97. The van der Waals surface area contributed by atoms with Crippen LogP contribution in [0.4, 0.5) is 4.79 Å². The first-order valence-corrected chi connectivity index (χ1v) is 8.83. The van der Waals surface area contributed by atoms with Crippen LogP contribution in [-0.4, -0.2) is 53.6 Å². The topological polar surface area (TPSA) is 103 Å². The van der Waals surface area contributed by atoms with Crippen molar-refractivity contribution >= 4 is 23.3 Å². The number of amides is 1. The molecule has 27 heavy (non-hydrogen) atoms. The predicted octanol–water partition coefficient (Wildman–Crippen LogP) is 2.95. The third-order valence-corrected chi connectivity index (χ3v) is 4.33. The van der Waals surface area contributed by atoms with E-state index in [4.69, 9.17) is 14.6 Å². The van der Waals surface area contributed by atoms with Gasteiger partial charge in [0.2, 0.25) is 0 Å². The second-order valence-corrected chi connectivity index (χ2v) is 7.40. The zero-order chi connectivity index (χ0) is 20.0. The number of aldehydes is 1. The Kier molecular flexibility index (Phi) is 6.79. The number of hydrogen-bond acceptors (Lipinski definition) is 5. The second-order valence-electron chi connectivity index (χ2n) is 7.40. The number of nitrogens with one attached hydrogen (secondary N) is 1. The summed E-state index contributed by atoms with van der Waals surface area (Å²) in [5.41, 5.74) is 0.629. The first kappa shape index (κ1) is 20.7. The van der Waals surface area contributed by atoms with Crippen LogP contribution >= 0.6 is 0 Å². The van der Waals surface area contributed by atoms with Crippen molar-refractivity contribution < 1.29 is 24.2 Å². The van der Waals surface area contributed by atoms with Gasteiger partial charge >= 0.3 is 6.09 Å². The van der Waals surface area contributed by atoms with Gasteiger partial charge in [0.05, 0.1) is 19.2 Å². The van der Waals surface area contributed by atoms with E-state index in [0.717, 1.165) is 12.7 Å². The van der Waals surface area contributed by atoms with E-state index in [-0.39, 0.29) is 12.0 Å². The van der Waals surface area contributed by atoms with Crippen LogP contribution < -0.4 is 10.1 Å². The van der Waals surface area contributed by atoms with Gasteiger partial charge in [-0.3, -0.25) is 9.48 Å². The van der Waals surface area contributed by atoms with E-state index < -0.39 is 12.1 Å². The highest BCUT2D eigenvalue weighted by Gasteiger charge is 2.28. The second kappa shape index (κ2) is 8.85. The first-order valence-electron chi connectivity index (χ1n) is 8.83. The van der Waals surface area contributed by atoms with Crippen LogP contribution in [0.5, 0.6) is 5.75 Å². The number of fused-ring (bicyclic) bond motifs is 1. The molecule has 1 atom stereocenters. The van der Waals surface area contributed by atoms with Gasteiger partial charge in [-0.05, 0) is 11.5 Å². The lowest BCUT2D eigenvalue weighted by Gasteiger charge is -2.30. The number of nitrogens with zero attached hydrogens (tertiary/aromatic N) is 2. The van der Waals surface area contributed by atoms with Crippen LogP contribution in [0.2, 0.25) is 0 Å². The average Bonchev–Trinajstić information content (AvgIpc) is 2.95. The Hall–Kier alpha value is -2.61. The van der Waals surface area contributed by atoms with Crippen molar-refractivity contribution in [3.63, 3.8) is 0 Å². The quantitative estimate of drug-likeness (QED) is 0.514. The molecule has 0 fully saturated rings. The third-order valence-electron chi connectivity index (χ3n) is 4.33. The molecule has 0 aliphatic rings. The van der Waals surface area contributed by atoms with E-state index >= 15 is 0 Å². The molecule has 0 unspecified atom stereocenters. The maximum atomic E-state index is 11.7. The van der Waals surface area contributed by atoms with Crippen LogP contribution in [0.15, 0.2) is 18.2 Å². The van der Waals surface area contributed by atoms with Gasteiger partial charge in [0.25, 0.3) is 0 Å². The summed E-state index contributed by atoms with van der Waals surface area (Å²) < 4.78 is 12.4. The minimum absolute atomic E-state index is 0.238. The van der Waals surface area contributed by atoms with Gasteiger partial charge < -0.3 is 19.9 Å². The number of carbonyl (C=O) groups excluding carboxylic acids is 1. The molecular weight excluding hydrogens is 350 g/mol. The van der Waals surface area contributed by atoms with E-state index in [2.05, 4.69) is 10.4 Å². The van der Waals surface area contributed by atoms with Crippen LogP contribution in [0.25, 0.3) is 10.9 Å². The van der Waals surface area contributed by atoms with Gasteiger partial charge in [-0.25, -0.2) is 4.79 Å². The number of methoxy groups -OCH3 is 1. The Bertz CT molecular complexity index is 794. The molecule has 1 aromatic heterocycles. The Morgan fingerprint density at radius 2 is 2.11 bits per heavy atom. The molecule has 2 aromatic rings. The van der Waals surface area contributed by atoms with Gasteiger partial charge in [0, 0.05) is 25.5 Å². The van der Waals surface area contributed by atoms with E-state index in [9.17, 15) is 9.59 Å². The zero-order valence-electron chi connectivity index (χ0n) is 16.2. The molecule has 0 saturated heterocycles. The Morgan fingerprint density at radius 3 is 2.70 bits per heavy atom. The molecule has 1 aromatic carbocycles. The van der Waals surface area contributed by atoms with Crippen LogP contribution in [0, 0.1) is 5.41 Å². The fourth-order valence-electron chi connectivity index (χ4n) is 2.77. The third kappa shape index (κ3) is 5.19. The van der Waals surface area contributed by atoms with Crippen LogP contribution in [0.3, 0.4) is 0 Å². The molecule has 0 saturated carbocycles. The maximum Gasteiger partial charge on any atom is 0.404 e. The lowest BCUT2D eigenvalue weighted by atomic mass is 9.87. The fourth-order valence-corrected chi connectivity index (χ4v) is 2.77. The largest absolute Gasteiger partial charge is 0.491 e. The molecule has 8 heteroatoms. The summed E-state index contributed by atoms with van der Waals surface area (Å²) in [6, 6.07) is 5.00. The van der Waals surface area contributed by atoms with E-state index in [1.165, 1.54) is 0 Å². The molecule has 8 nitrogen and oxygen atoms in total. The lowest BCUT2D eigenvalue weighted by Crippen LogP contribution is -2.46. The normalized spacial score (nSPS) is 12.7. The summed E-state index contributed by atoms with van der Waals surface area (Å²) in [6.07, 6.45) is 0.370. The molecule has 2 rings (SSSR count). The Balaban J connectivity index is 2.36. The highest BCUT2D eigenvalue weighted by atomic mass is 16.5. The van der Waals surface area contributed by atoms with Gasteiger partial charge in [-0.15, -0.1) is 0 Å². The molecule has 0 spiro atoms. The SMILES string of the molecule is COCCCOc1cccc2c(C=O)n(C[C@H](NC(=O)O)C(C)(C)C)nc12. The standard InChI is InChI=1S/C19H27N3O5/c1-19(2,3)16(20-18(24)25)11-22-14(12-23)13-7-5-8-15(17(13)21-22)27-10-6-9-26-4/h5,7-8,12,16,20H,6,9-11H2,1-4H3,(H,24,25)/t16-/m0/s1. The Morgan fingerprint density at radius 1 is 1.37 bits per heavy atom. The van der Waals surface area contributed by atoms with Crippen molar-refractivity contribution in [2.24, 2.45) is 5.41 Å². The molecular formula is C19H27N3O5. The van der Waals surface area contributed by atoms with Crippen molar-refractivity contribution in [3.8, 4) is 5.75 Å². The number of carbonyl (C=O) groups is 2. The predicted molar refractivity (Wildman–Crippen MR) is 102 cm³/mol. The lowest BCUT2D eigenvalue weighted by molar-refractivity contribution is 0.111. The zero-order valence-corrected chi connectivity index (χ0v) is 16.2. The molecule has 0 radical (unpaired) electrons. The molecule has 1 amide bonds. The molecule has 0 aliphatic carbocycles. The molecule has 2 N–H and O–H groups in total. The van der Waals surface area contributed by atoms with Crippen LogP contribution in [0.1, 0.15) is 37.7 Å². The minimum Gasteiger partial charge on any atom is -0.491 e. The monoisotopic (exact) mass is 377 g/mol. The first-order chi connectivity index (χ1) is 12.8. The maximum absolute atomic E-state index is 11.7. The summed E-state index contributed by atoms with van der Waals surface area (Å²) in [6.45, 7) is 7.10. The van der Waals surface area contributed by atoms with Crippen molar-refractivity contribution in [2.45, 2.75) is 39.8 Å². The van der Waals surface area contributed by atoms with Crippen LogP contribution in [-0.2, 0) is 11.3 Å². The number of aromatic nitrogens is 2. The van der Waals surface area contributed by atoms with Crippen molar-refractivity contribution in [1.29, 1.82) is 0 Å². The van der Waals surface area contributed by atoms with Gasteiger partial charge in [0.1, 0.15) is 17.0 Å². The number of carboxylic acid groups (broad SMARTS) is 1. The number of hydrogen-bond donors (Lipinski definition) is 2. The Labute approximate surface area is 158 Å². The van der Waals surface area contributed by atoms with Gasteiger partial charge in [0.15, 0.2) is 6.29 Å². The van der Waals surface area contributed by atoms with E-state index in [1.54, 1.807) is 23.9 Å². The highest BCUT2D eigenvalue weighted by Crippen LogP contribution is 2.28. The van der Waals surface area contributed by atoms with Gasteiger partial charge in [-0.1, -0.05) is 32.9 Å². The summed E-state index contributed by atoms with van der Waals surface area (Å²) in [7, 11) is 1.63. The van der Waals surface area contributed by atoms with E-state index in [0.29, 0.717) is 35.6 Å². The van der Waals surface area contributed by atoms with Gasteiger partial charge in [-0.2, -0.15) is 5.10 Å². The van der Waals surface area contributed by atoms with Crippen molar-refractivity contribution in [2.75, 3.05) is 20.3 Å². The number of ether oxygens (including phenoxy) is 2.